The van der Waals surface area contributed by atoms with Crippen molar-refractivity contribution in [1.29, 1.82) is 0 Å². The van der Waals surface area contributed by atoms with Gasteiger partial charge >= 0.3 is 0 Å². The fraction of sp³-hybridized carbons (Fsp3) is 0.412. The highest BCUT2D eigenvalue weighted by Crippen LogP contribution is 2.27. The molecule has 1 saturated carbocycles. The first-order valence-corrected chi connectivity index (χ1v) is 7.66. The van der Waals surface area contributed by atoms with Gasteiger partial charge in [0.1, 0.15) is 12.4 Å². The van der Waals surface area contributed by atoms with Gasteiger partial charge in [-0.15, -0.1) is 0 Å². The zero-order valence-corrected chi connectivity index (χ0v) is 12.2. The van der Waals surface area contributed by atoms with Gasteiger partial charge in [-0.1, -0.05) is 60.8 Å². The fourth-order valence-electron chi connectivity index (χ4n) is 2.75. The van der Waals surface area contributed by atoms with Crippen LogP contribution in [0.4, 0.5) is 0 Å². The van der Waals surface area contributed by atoms with Gasteiger partial charge in [0.05, 0.1) is 6.10 Å². The molecule has 1 atom stereocenters. The van der Waals surface area contributed by atoms with Crippen LogP contribution in [-0.4, -0.2) is 18.3 Å². The molecule has 0 amide bonds. The summed E-state index contributed by atoms with van der Waals surface area (Å²) in [6, 6.07) is 14.2. The molecular formula is C17H19ClO2. The largest absolute Gasteiger partial charge is 0.489 e. The quantitative estimate of drug-likeness (QED) is 0.740. The molecule has 106 valence electrons. The van der Waals surface area contributed by atoms with E-state index in [1.165, 1.54) is 18.2 Å². The van der Waals surface area contributed by atoms with Crippen molar-refractivity contribution >= 4 is 22.4 Å². The molecule has 0 N–H and O–H groups in total. The van der Waals surface area contributed by atoms with Crippen LogP contribution in [0.3, 0.4) is 0 Å². The summed E-state index contributed by atoms with van der Waals surface area (Å²) in [6.45, 7) is 0.381. The van der Waals surface area contributed by atoms with Crippen molar-refractivity contribution < 1.29 is 9.47 Å². The Hall–Kier alpha value is -1.25. The number of rotatable bonds is 5. The van der Waals surface area contributed by atoms with Crippen LogP contribution >= 0.6 is 11.6 Å². The highest BCUT2D eigenvalue weighted by atomic mass is 35.5. The summed E-state index contributed by atoms with van der Waals surface area (Å²) in [5, 5.41) is 2.28. The number of fused-ring (bicyclic) bond motifs is 1. The van der Waals surface area contributed by atoms with Crippen molar-refractivity contribution in [2.45, 2.75) is 37.4 Å². The molecular weight excluding hydrogens is 272 g/mol. The summed E-state index contributed by atoms with van der Waals surface area (Å²) in [5.74, 6) is 0.865. The lowest BCUT2D eigenvalue weighted by Crippen LogP contribution is -2.21. The summed E-state index contributed by atoms with van der Waals surface area (Å²) in [7, 11) is 0. The van der Waals surface area contributed by atoms with Crippen molar-refractivity contribution in [2.75, 3.05) is 6.61 Å². The van der Waals surface area contributed by atoms with E-state index in [0.717, 1.165) is 24.0 Å². The van der Waals surface area contributed by atoms with Gasteiger partial charge in [0, 0.05) is 5.39 Å². The van der Waals surface area contributed by atoms with E-state index in [9.17, 15) is 0 Å². The Kier molecular flexibility index (Phi) is 4.44. The fourth-order valence-corrected chi connectivity index (χ4v) is 2.96. The van der Waals surface area contributed by atoms with Crippen molar-refractivity contribution in [1.82, 2.24) is 0 Å². The highest BCUT2D eigenvalue weighted by Gasteiger charge is 2.19. The minimum absolute atomic E-state index is 0.314. The van der Waals surface area contributed by atoms with E-state index in [-0.39, 0.29) is 5.56 Å². The van der Waals surface area contributed by atoms with Gasteiger partial charge in [0.25, 0.3) is 0 Å². The second-order valence-corrected chi connectivity index (χ2v) is 5.73. The third kappa shape index (κ3) is 3.25. The van der Waals surface area contributed by atoms with Crippen LogP contribution < -0.4 is 4.74 Å². The first kappa shape index (κ1) is 13.7. The molecule has 2 nitrogen and oxygen atoms in total. The van der Waals surface area contributed by atoms with Crippen LogP contribution in [0.5, 0.6) is 5.75 Å². The molecule has 0 aromatic heterocycles. The molecule has 1 aliphatic carbocycles. The molecule has 0 spiro atoms. The van der Waals surface area contributed by atoms with E-state index in [0.29, 0.717) is 12.7 Å². The zero-order chi connectivity index (χ0) is 13.8. The van der Waals surface area contributed by atoms with E-state index < -0.39 is 0 Å². The average Bonchev–Trinajstić information content (AvgIpc) is 2.98. The van der Waals surface area contributed by atoms with Crippen LogP contribution in [0.25, 0.3) is 10.8 Å². The van der Waals surface area contributed by atoms with Crippen molar-refractivity contribution in [2.24, 2.45) is 0 Å². The first-order chi connectivity index (χ1) is 9.83. The third-order valence-corrected chi connectivity index (χ3v) is 3.99. The molecule has 20 heavy (non-hydrogen) atoms. The molecule has 3 heteroatoms. The second kappa shape index (κ2) is 6.47. The van der Waals surface area contributed by atoms with Crippen LogP contribution in [0, 0.1) is 0 Å². The summed E-state index contributed by atoms with van der Waals surface area (Å²) < 4.78 is 11.6. The molecule has 0 aliphatic heterocycles. The van der Waals surface area contributed by atoms with Gasteiger partial charge < -0.3 is 9.47 Å². The Morgan fingerprint density at radius 1 is 1.05 bits per heavy atom. The van der Waals surface area contributed by atoms with E-state index >= 15 is 0 Å². The predicted octanol–water partition coefficient (Wildman–Crippen LogP) is 4.74. The number of hydrogen-bond acceptors (Lipinski definition) is 2. The van der Waals surface area contributed by atoms with Gasteiger partial charge in [-0.25, -0.2) is 0 Å². The summed E-state index contributed by atoms with van der Waals surface area (Å²) in [6.07, 6.45) is 5.06. The Morgan fingerprint density at radius 3 is 2.65 bits per heavy atom. The number of ether oxygens (including phenoxy) is 2. The maximum absolute atomic E-state index is 6.21. The lowest BCUT2D eigenvalue weighted by molar-refractivity contribution is 0.0137. The standard InChI is InChI=1S/C17H19ClO2/c18-17(20-14-8-2-3-9-14)12-19-16-11-5-7-13-6-1-4-10-15(13)16/h1,4-7,10-11,14,17H,2-3,8-9,12H2. The molecule has 0 bridgehead atoms. The molecule has 3 rings (SSSR count). The van der Waals surface area contributed by atoms with Gasteiger partial charge in [0.2, 0.25) is 0 Å². The highest BCUT2D eigenvalue weighted by molar-refractivity contribution is 6.19. The minimum Gasteiger partial charge on any atom is -0.489 e. The number of hydrogen-bond donors (Lipinski definition) is 0. The Bertz CT molecular complexity index is 558. The lowest BCUT2D eigenvalue weighted by atomic mass is 10.1. The Morgan fingerprint density at radius 2 is 1.80 bits per heavy atom. The molecule has 1 fully saturated rings. The molecule has 1 aliphatic rings. The topological polar surface area (TPSA) is 18.5 Å². The molecule has 2 aromatic rings. The Balaban J connectivity index is 1.61. The maximum Gasteiger partial charge on any atom is 0.165 e. The smallest absolute Gasteiger partial charge is 0.165 e. The zero-order valence-electron chi connectivity index (χ0n) is 11.4. The van der Waals surface area contributed by atoms with Gasteiger partial charge in [-0.05, 0) is 24.3 Å². The van der Waals surface area contributed by atoms with Crippen molar-refractivity contribution in [3.8, 4) is 5.75 Å². The minimum atomic E-state index is -0.378. The van der Waals surface area contributed by atoms with Crippen LogP contribution in [0.1, 0.15) is 25.7 Å². The van der Waals surface area contributed by atoms with Crippen LogP contribution in [-0.2, 0) is 4.74 Å². The van der Waals surface area contributed by atoms with Gasteiger partial charge in [0.15, 0.2) is 5.56 Å². The van der Waals surface area contributed by atoms with E-state index in [4.69, 9.17) is 21.1 Å². The number of halogens is 1. The normalized spacial score (nSPS) is 17.4. The molecule has 0 heterocycles. The second-order valence-electron chi connectivity index (χ2n) is 5.24. The molecule has 0 saturated heterocycles. The van der Waals surface area contributed by atoms with Crippen LogP contribution in [0.2, 0.25) is 0 Å². The number of alkyl halides is 1. The average molecular weight is 291 g/mol. The maximum atomic E-state index is 6.21. The first-order valence-electron chi connectivity index (χ1n) is 7.23. The van der Waals surface area contributed by atoms with Gasteiger partial charge in [-0.2, -0.15) is 0 Å². The van der Waals surface area contributed by atoms with Crippen molar-refractivity contribution in [3.63, 3.8) is 0 Å². The summed E-state index contributed by atoms with van der Waals surface area (Å²) in [4.78, 5) is 0. The molecule has 0 radical (unpaired) electrons. The summed E-state index contributed by atoms with van der Waals surface area (Å²) in [5.41, 5.74) is -0.378. The summed E-state index contributed by atoms with van der Waals surface area (Å²) >= 11 is 6.21. The third-order valence-electron chi connectivity index (χ3n) is 3.76. The molecule has 1 unspecified atom stereocenters. The predicted molar refractivity (Wildman–Crippen MR) is 82.4 cm³/mol. The number of benzene rings is 2. The lowest BCUT2D eigenvalue weighted by Gasteiger charge is -2.17. The SMILES string of the molecule is ClC(COc1cccc2ccccc12)OC1CCCC1. The van der Waals surface area contributed by atoms with Crippen molar-refractivity contribution in [3.05, 3.63) is 42.5 Å². The Labute approximate surface area is 124 Å². The van der Waals surface area contributed by atoms with E-state index in [2.05, 4.69) is 18.2 Å². The monoisotopic (exact) mass is 290 g/mol. The van der Waals surface area contributed by atoms with Gasteiger partial charge in [-0.3, -0.25) is 0 Å². The molecule has 2 aromatic carbocycles. The van der Waals surface area contributed by atoms with E-state index in [1.54, 1.807) is 0 Å². The van der Waals surface area contributed by atoms with E-state index in [1.807, 2.05) is 24.3 Å². The van der Waals surface area contributed by atoms with Crippen LogP contribution in [0.15, 0.2) is 42.5 Å².